The molecule has 17 heavy (non-hydrogen) atoms. The van der Waals surface area contributed by atoms with Gasteiger partial charge in [0.05, 0.1) is 10.0 Å². The van der Waals surface area contributed by atoms with E-state index in [4.69, 9.17) is 16.9 Å². The van der Waals surface area contributed by atoms with Crippen LogP contribution in [0.5, 0.6) is 0 Å². The number of anilines is 1. The summed E-state index contributed by atoms with van der Waals surface area (Å²) in [6.45, 7) is 0.729. The van der Waals surface area contributed by atoms with Crippen LogP contribution in [0.3, 0.4) is 0 Å². The van der Waals surface area contributed by atoms with Crippen molar-refractivity contribution < 1.29 is 0 Å². The average molecular weight is 265 g/mol. The maximum absolute atomic E-state index is 8.79. The van der Waals surface area contributed by atoms with Gasteiger partial charge < -0.3 is 5.32 Å². The first-order valence-electron chi connectivity index (χ1n) is 4.98. The van der Waals surface area contributed by atoms with Gasteiger partial charge in [0.25, 0.3) is 0 Å². The number of rotatable bonds is 4. The summed E-state index contributed by atoms with van der Waals surface area (Å²) >= 11 is 7.41. The Hall–Kier alpha value is -1.64. The molecule has 4 nitrogen and oxygen atoms in total. The summed E-state index contributed by atoms with van der Waals surface area (Å²) in [5.41, 5.74) is 0.242. The predicted octanol–water partition coefficient (Wildman–Crippen LogP) is 2.72. The fourth-order valence-corrected chi connectivity index (χ4v) is 2.06. The molecule has 2 aromatic heterocycles. The molecule has 2 heterocycles. The lowest BCUT2D eigenvalue weighted by Crippen LogP contribution is -2.06. The number of thiazole rings is 1. The Labute approximate surface area is 108 Å². The third-order valence-electron chi connectivity index (χ3n) is 2.08. The van der Waals surface area contributed by atoms with Crippen molar-refractivity contribution in [1.82, 2.24) is 9.97 Å². The standard InChI is InChI=1S/C11H9ClN4S/c12-8-1-2-10(16-9(8)7-13)14-4-3-11-15-5-6-17-11/h1-2,5-6H,3-4H2,(H,14,16). The third-order valence-corrected chi connectivity index (χ3v) is 3.22. The van der Waals surface area contributed by atoms with Gasteiger partial charge in [-0.05, 0) is 12.1 Å². The molecule has 6 heteroatoms. The van der Waals surface area contributed by atoms with Gasteiger partial charge in [0.15, 0.2) is 5.69 Å². The number of nitriles is 1. The van der Waals surface area contributed by atoms with E-state index in [1.54, 1.807) is 29.7 Å². The molecule has 0 radical (unpaired) electrons. The van der Waals surface area contributed by atoms with E-state index in [1.807, 2.05) is 11.4 Å². The third kappa shape index (κ3) is 3.16. The minimum Gasteiger partial charge on any atom is -0.370 e. The van der Waals surface area contributed by atoms with Crippen LogP contribution in [0.4, 0.5) is 5.82 Å². The Morgan fingerprint density at radius 2 is 2.35 bits per heavy atom. The quantitative estimate of drug-likeness (QED) is 0.922. The Balaban J connectivity index is 1.93. The van der Waals surface area contributed by atoms with Crippen molar-refractivity contribution in [2.75, 3.05) is 11.9 Å². The maximum atomic E-state index is 8.79. The fourth-order valence-electron chi connectivity index (χ4n) is 1.29. The molecule has 0 aromatic carbocycles. The summed E-state index contributed by atoms with van der Waals surface area (Å²) in [7, 11) is 0. The fraction of sp³-hybridized carbons (Fsp3) is 0.182. The van der Waals surface area contributed by atoms with E-state index < -0.39 is 0 Å². The van der Waals surface area contributed by atoms with Crippen LogP contribution in [0, 0.1) is 11.3 Å². The first kappa shape index (κ1) is 11.8. The van der Waals surface area contributed by atoms with E-state index in [-0.39, 0.29) is 5.69 Å². The van der Waals surface area contributed by atoms with E-state index in [0.717, 1.165) is 18.0 Å². The molecule has 2 rings (SSSR count). The maximum Gasteiger partial charge on any atom is 0.161 e. The zero-order valence-corrected chi connectivity index (χ0v) is 10.4. The Morgan fingerprint density at radius 1 is 1.47 bits per heavy atom. The van der Waals surface area contributed by atoms with Crippen LogP contribution in [0.2, 0.25) is 5.02 Å². The van der Waals surface area contributed by atoms with Crippen LogP contribution in [-0.4, -0.2) is 16.5 Å². The smallest absolute Gasteiger partial charge is 0.161 e. The van der Waals surface area contributed by atoms with Gasteiger partial charge in [-0.1, -0.05) is 11.6 Å². The van der Waals surface area contributed by atoms with E-state index in [9.17, 15) is 0 Å². The molecule has 0 amide bonds. The van der Waals surface area contributed by atoms with Crippen LogP contribution < -0.4 is 5.32 Å². The number of hydrogen-bond acceptors (Lipinski definition) is 5. The molecule has 0 spiro atoms. The van der Waals surface area contributed by atoms with Crippen molar-refractivity contribution >= 4 is 28.8 Å². The number of hydrogen-bond donors (Lipinski definition) is 1. The minimum atomic E-state index is 0.242. The molecule has 0 unspecified atom stereocenters. The Kier molecular flexibility index (Phi) is 3.91. The molecule has 0 aliphatic heterocycles. The topological polar surface area (TPSA) is 61.6 Å². The first-order valence-corrected chi connectivity index (χ1v) is 6.24. The van der Waals surface area contributed by atoms with E-state index >= 15 is 0 Å². The van der Waals surface area contributed by atoms with Gasteiger partial charge in [0, 0.05) is 24.5 Å². The van der Waals surface area contributed by atoms with Crippen molar-refractivity contribution in [1.29, 1.82) is 5.26 Å². The molecule has 0 atom stereocenters. The van der Waals surface area contributed by atoms with Crippen LogP contribution in [0.25, 0.3) is 0 Å². The summed E-state index contributed by atoms with van der Waals surface area (Å²) in [5.74, 6) is 0.655. The van der Waals surface area contributed by atoms with Gasteiger partial charge in [-0.25, -0.2) is 9.97 Å². The van der Waals surface area contributed by atoms with Crippen molar-refractivity contribution in [2.24, 2.45) is 0 Å². The average Bonchev–Trinajstić information content (AvgIpc) is 2.84. The Morgan fingerprint density at radius 3 is 3.06 bits per heavy atom. The summed E-state index contributed by atoms with van der Waals surface area (Å²) in [5, 5.41) is 15.3. The second-order valence-corrected chi connectivity index (χ2v) is 4.63. The van der Waals surface area contributed by atoms with Crippen LogP contribution in [0.1, 0.15) is 10.7 Å². The molecule has 1 N–H and O–H groups in total. The highest BCUT2D eigenvalue weighted by Crippen LogP contribution is 2.15. The summed E-state index contributed by atoms with van der Waals surface area (Å²) in [4.78, 5) is 8.27. The lowest BCUT2D eigenvalue weighted by molar-refractivity contribution is 0.986. The number of halogens is 1. The molecule has 0 bridgehead atoms. The van der Waals surface area contributed by atoms with Gasteiger partial charge >= 0.3 is 0 Å². The van der Waals surface area contributed by atoms with Crippen LogP contribution >= 0.6 is 22.9 Å². The minimum absolute atomic E-state index is 0.242. The molecular formula is C11H9ClN4S. The number of aromatic nitrogens is 2. The number of nitrogens with zero attached hydrogens (tertiary/aromatic N) is 3. The van der Waals surface area contributed by atoms with Crippen molar-refractivity contribution in [2.45, 2.75) is 6.42 Å². The number of nitrogens with one attached hydrogen (secondary N) is 1. The zero-order chi connectivity index (χ0) is 12.1. The first-order chi connectivity index (χ1) is 8.29. The van der Waals surface area contributed by atoms with Gasteiger partial charge in [0.2, 0.25) is 0 Å². The molecule has 0 aliphatic rings. The highest BCUT2D eigenvalue weighted by Gasteiger charge is 2.02. The summed E-state index contributed by atoms with van der Waals surface area (Å²) in [6, 6.07) is 5.37. The van der Waals surface area contributed by atoms with Gasteiger partial charge in [0.1, 0.15) is 11.9 Å². The van der Waals surface area contributed by atoms with Crippen molar-refractivity contribution in [3.05, 3.63) is 39.4 Å². The lowest BCUT2D eigenvalue weighted by atomic mass is 10.3. The monoisotopic (exact) mass is 264 g/mol. The summed E-state index contributed by atoms with van der Waals surface area (Å²) < 4.78 is 0. The van der Waals surface area contributed by atoms with Crippen molar-refractivity contribution in [3.63, 3.8) is 0 Å². The molecule has 0 saturated heterocycles. The molecule has 2 aromatic rings. The second-order valence-electron chi connectivity index (χ2n) is 3.24. The highest BCUT2D eigenvalue weighted by atomic mass is 35.5. The second kappa shape index (κ2) is 5.62. The molecule has 0 fully saturated rings. The largest absolute Gasteiger partial charge is 0.370 e. The molecule has 86 valence electrons. The highest BCUT2D eigenvalue weighted by molar-refractivity contribution is 7.09. The van der Waals surface area contributed by atoms with E-state index in [0.29, 0.717) is 10.8 Å². The Bertz CT molecular complexity index is 533. The molecule has 0 aliphatic carbocycles. The predicted molar refractivity (Wildman–Crippen MR) is 68.3 cm³/mol. The summed E-state index contributed by atoms with van der Waals surface area (Å²) in [6.07, 6.45) is 2.62. The van der Waals surface area contributed by atoms with Crippen LogP contribution in [0.15, 0.2) is 23.7 Å². The lowest BCUT2D eigenvalue weighted by Gasteiger charge is -2.04. The van der Waals surface area contributed by atoms with E-state index in [1.165, 1.54) is 0 Å². The SMILES string of the molecule is N#Cc1nc(NCCc2nccs2)ccc1Cl. The van der Waals surface area contributed by atoms with Gasteiger partial charge in [-0.3, -0.25) is 0 Å². The van der Waals surface area contributed by atoms with Crippen molar-refractivity contribution in [3.8, 4) is 6.07 Å². The normalized spacial score (nSPS) is 9.88. The molecule has 0 saturated carbocycles. The van der Waals surface area contributed by atoms with Gasteiger partial charge in [-0.15, -0.1) is 11.3 Å². The molecular weight excluding hydrogens is 256 g/mol. The van der Waals surface area contributed by atoms with Gasteiger partial charge in [-0.2, -0.15) is 5.26 Å². The zero-order valence-electron chi connectivity index (χ0n) is 8.85. The van der Waals surface area contributed by atoms with E-state index in [2.05, 4.69) is 15.3 Å². The van der Waals surface area contributed by atoms with Crippen LogP contribution in [-0.2, 0) is 6.42 Å². The number of pyridine rings is 1.